The van der Waals surface area contributed by atoms with Crippen LogP contribution in [-0.4, -0.2) is 6.04 Å². The van der Waals surface area contributed by atoms with Gasteiger partial charge in [-0.2, -0.15) is 0 Å². The first-order chi connectivity index (χ1) is 7.79. The van der Waals surface area contributed by atoms with Crippen LogP contribution in [0.15, 0.2) is 34.8 Å². The second-order valence-electron chi connectivity index (χ2n) is 4.26. The van der Waals surface area contributed by atoms with Crippen LogP contribution in [0.25, 0.3) is 0 Å². The van der Waals surface area contributed by atoms with Gasteiger partial charge in [0, 0.05) is 16.2 Å². The number of anilines is 1. The largest absolute Gasteiger partial charge is 0.379 e. The maximum Gasteiger partial charge on any atom is 0.0444 e. The van der Waals surface area contributed by atoms with Gasteiger partial charge in [0.05, 0.1) is 0 Å². The average Bonchev–Trinajstić information content (AvgIpc) is 2.33. The van der Waals surface area contributed by atoms with Crippen molar-refractivity contribution in [2.75, 3.05) is 5.32 Å². The number of hydrogen-bond donors (Lipinski definition) is 1. The van der Waals surface area contributed by atoms with Crippen molar-refractivity contribution in [1.82, 2.24) is 0 Å². The molecule has 1 aliphatic carbocycles. The van der Waals surface area contributed by atoms with E-state index in [1.165, 1.54) is 30.5 Å². The second-order valence-corrected chi connectivity index (χ2v) is 5.18. The van der Waals surface area contributed by atoms with Crippen LogP contribution in [0, 0.1) is 0 Å². The summed E-state index contributed by atoms with van der Waals surface area (Å²) in [6, 6.07) is 6.99. The zero-order valence-corrected chi connectivity index (χ0v) is 11.3. The quantitative estimate of drug-likeness (QED) is 0.802. The van der Waals surface area contributed by atoms with Crippen molar-refractivity contribution in [3.8, 4) is 0 Å². The fourth-order valence-electron chi connectivity index (χ4n) is 2.13. The Kier molecular flexibility index (Phi) is 4.05. The first-order valence-corrected chi connectivity index (χ1v) is 6.80. The van der Waals surface area contributed by atoms with E-state index in [1.807, 2.05) is 0 Å². The maximum absolute atomic E-state index is 3.62. The van der Waals surface area contributed by atoms with Gasteiger partial charge in [-0.15, -0.1) is 0 Å². The van der Waals surface area contributed by atoms with E-state index in [4.69, 9.17) is 0 Å². The van der Waals surface area contributed by atoms with Gasteiger partial charge in [-0.3, -0.25) is 0 Å². The van der Waals surface area contributed by atoms with Gasteiger partial charge in [0.25, 0.3) is 0 Å². The number of halogens is 1. The third-order valence-corrected chi connectivity index (χ3v) is 3.54. The van der Waals surface area contributed by atoms with E-state index < -0.39 is 0 Å². The van der Waals surface area contributed by atoms with Crippen molar-refractivity contribution >= 4 is 21.6 Å². The lowest BCUT2D eigenvalue weighted by Gasteiger charge is -2.21. The third-order valence-electron chi connectivity index (χ3n) is 3.04. The van der Waals surface area contributed by atoms with Gasteiger partial charge in [0.2, 0.25) is 0 Å². The highest BCUT2D eigenvalue weighted by atomic mass is 79.9. The summed E-state index contributed by atoms with van der Waals surface area (Å²) in [5.41, 5.74) is 2.66. The van der Waals surface area contributed by atoms with E-state index in [2.05, 4.69) is 58.5 Å². The molecule has 2 rings (SSSR count). The van der Waals surface area contributed by atoms with Gasteiger partial charge in [-0.25, -0.2) is 0 Å². The number of nitrogens with one attached hydrogen (secondary N) is 1. The summed E-state index contributed by atoms with van der Waals surface area (Å²) in [4.78, 5) is 0. The molecule has 1 atom stereocenters. The molecule has 0 amide bonds. The van der Waals surface area contributed by atoms with Crippen LogP contribution >= 0.6 is 15.9 Å². The Hall–Kier alpha value is -0.760. The molecule has 0 aliphatic heterocycles. The van der Waals surface area contributed by atoms with Crippen molar-refractivity contribution in [1.29, 1.82) is 0 Å². The molecular weight excluding hydrogens is 262 g/mol. The molecule has 1 N–H and O–H groups in total. The van der Waals surface area contributed by atoms with Crippen LogP contribution in [0.2, 0.25) is 0 Å². The van der Waals surface area contributed by atoms with Crippen LogP contribution in [0.3, 0.4) is 0 Å². The Morgan fingerprint density at radius 1 is 1.44 bits per heavy atom. The molecule has 0 radical (unpaired) electrons. The number of rotatable bonds is 3. The molecule has 1 nitrogen and oxygen atoms in total. The fraction of sp³-hybridized carbons (Fsp3) is 0.429. The van der Waals surface area contributed by atoms with E-state index in [-0.39, 0.29) is 0 Å². The van der Waals surface area contributed by atoms with Crippen molar-refractivity contribution in [2.45, 2.75) is 38.6 Å². The van der Waals surface area contributed by atoms with Gasteiger partial charge in [0.15, 0.2) is 0 Å². The Balaban J connectivity index is 2.13. The highest BCUT2D eigenvalue weighted by molar-refractivity contribution is 9.10. The minimum absolute atomic E-state index is 0.514. The first-order valence-electron chi connectivity index (χ1n) is 6.01. The predicted octanol–water partition coefficient (Wildman–Crippen LogP) is 4.53. The summed E-state index contributed by atoms with van der Waals surface area (Å²) in [7, 11) is 0. The topological polar surface area (TPSA) is 12.0 Å². The molecule has 0 saturated carbocycles. The molecule has 2 heteroatoms. The van der Waals surface area contributed by atoms with E-state index >= 15 is 0 Å². The molecule has 1 unspecified atom stereocenters. The third kappa shape index (κ3) is 2.88. The van der Waals surface area contributed by atoms with Gasteiger partial charge >= 0.3 is 0 Å². The maximum atomic E-state index is 3.62. The molecule has 86 valence electrons. The zero-order chi connectivity index (χ0) is 11.4. The summed E-state index contributed by atoms with van der Waals surface area (Å²) in [5.74, 6) is 0. The number of benzene rings is 1. The van der Waals surface area contributed by atoms with Crippen LogP contribution in [-0.2, 0) is 6.42 Å². The summed E-state index contributed by atoms with van der Waals surface area (Å²) in [6.45, 7) is 2.20. The number of aryl methyl sites for hydroxylation is 1. The number of allylic oxidation sites excluding steroid dienone is 1. The molecule has 0 spiro atoms. The molecule has 1 aromatic carbocycles. The van der Waals surface area contributed by atoms with Gasteiger partial charge in [-0.05, 0) is 49.4 Å². The van der Waals surface area contributed by atoms with Gasteiger partial charge < -0.3 is 5.32 Å². The van der Waals surface area contributed by atoms with Gasteiger partial charge in [-0.1, -0.05) is 35.0 Å². The molecule has 0 aromatic heterocycles. The van der Waals surface area contributed by atoms with Gasteiger partial charge in [0.1, 0.15) is 0 Å². The lowest BCUT2D eigenvalue weighted by molar-refractivity contribution is 0.673. The van der Waals surface area contributed by atoms with Crippen LogP contribution in [0.1, 0.15) is 31.7 Å². The first kappa shape index (κ1) is 11.7. The van der Waals surface area contributed by atoms with E-state index in [9.17, 15) is 0 Å². The SMILES string of the molecule is CCc1cc(Br)ccc1NC1C=CCCC1. The summed E-state index contributed by atoms with van der Waals surface area (Å²) in [5, 5.41) is 3.62. The molecular formula is C14H18BrN. The van der Waals surface area contributed by atoms with Crippen molar-refractivity contribution in [2.24, 2.45) is 0 Å². The average molecular weight is 280 g/mol. The lowest BCUT2D eigenvalue weighted by atomic mass is 10.0. The van der Waals surface area contributed by atoms with E-state index in [0.717, 1.165) is 10.9 Å². The molecule has 0 saturated heterocycles. The normalized spacial score (nSPS) is 19.8. The van der Waals surface area contributed by atoms with Crippen LogP contribution in [0.4, 0.5) is 5.69 Å². The van der Waals surface area contributed by atoms with E-state index in [1.54, 1.807) is 0 Å². The Morgan fingerprint density at radius 3 is 3.00 bits per heavy atom. The summed E-state index contributed by atoms with van der Waals surface area (Å²) >= 11 is 3.52. The standard InChI is InChI=1S/C14H18BrN/c1-2-11-10-12(15)8-9-14(11)16-13-6-4-3-5-7-13/h4,6,8-10,13,16H,2-3,5,7H2,1H3. The Labute approximate surface area is 106 Å². The molecule has 0 heterocycles. The molecule has 0 fully saturated rings. The minimum atomic E-state index is 0.514. The molecule has 1 aromatic rings. The second kappa shape index (κ2) is 5.53. The lowest BCUT2D eigenvalue weighted by Crippen LogP contribution is -2.19. The minimum Gasteiger partial charge on any atom is -0.379 e. The smallest absolute Gasteiger partial charge is 0.0444 e. The van der Waals surface area contributed by atoms with Crippen molar-refractivity contribution < 1.29 is 0 Å². The van der Waals surface area contributed by atoms with E-state index in [0.29, 0.717) is 6.04 Å². The highest BCUT2D eigenvalue weighted by Gasteiger charge is 2.09. The monoisotopic (exact) mass is 279 g/mol. The molecule has 1 aliphatic rings. The van der Waals surface area contributed by atoms with Crippen LogP contribution in [0.5, 0.6) is 0 Å². The summed E-state index contributed by atoms with van der Waals surface area (Å²) < 4.78 is 1.16. The van der Waals surface area contributed by atoms with Crippen LogP contribution < -0.4 is 5.32 Å². The molecule has 16 heavy (non-hydrogen) atoms. The molecule has 0 bridgehead atoms. The van der Waals surface area contributed by atoms with Crippen molar-refractivity contribution in [3.63, 3.8) is 0 Å². The Bertz CT molecular complexity index is 384. The van der Waals surface area contributed by atoms with Crippen molar-refractivity contribution in [3.05, 3.63) is 40.4 Å². The number of hydrogen-bond acceptors (Lipinski definition) is 1. The zero-order valence-electron chi connectivity index (χ0n) is 9.67. The fourth-order valence-corrected chi connectivity index (χ4v) is 2.54. The highest BCUT2D eigenvalue weighted by Crippen LogP contribution is 2.24. The summed E-state index contributed by atoms with van der Waals surface area (Å²) in [6.07, 6.45) is 9.43. The Morgan fingerprint density at radius 2 is 2.31 bits per heavy atom. The predicted molar refractivity (Wildman–Crippen MR) is 73.9 cm³/mol.